The molecule has 3 nitrogen and oxygen atoms in total. The number of benzene rings is 1. The third kappa shape index (κ3) is 5.80. The SMILES string of the molecule is C=CCc1ccc(-c2ccc(C=CCCCC(C)O)nn2)cc1. The number of unbranched alkanes of at least 4 members (excludes halogenated alkanes) is 1. The van der Waals surface area contributed by atoms with Crippen molar-refractivity contribution in [2.45, 2.75) is 38.7 Å². The average Bonchev–Trinajstić information content (AvgIpc) is 2.56. The minimum atomic E-state index is -0.222. The van der Waals surface area contributed by atoms with Crippen molar-refractivity contribution in [2.75, 3.05) is 0 Å². The third-order valence-corrected chi connectivity index (χ3v) is 3.60. The summed E-state index contributed by atoms with van der Waals surface area (Å²) in [5.74, 6) is 0. The predicted octanol–water partition coefficient (Wildman–Crippen LogP) is 4.44. The lowest BCUT2D eigenvalue weighted by molar-refractivity contribution is 0.182. The van der Waals surface area contributed by atoms with E-state index in [2.05, 4.69) is 47.1 Å². The van der Waals surface area contributed by atoms with Gasteiger partial charge in [-0.2, -0.15) is 5.10 Å². The van der Waals surface area contributed by atoms with E-state index in [0.29, 0.717) is 0 Å². The molecule has 1 unspecified atom stereocenters. The molecule has 0 spiro atoms. The Kier molecular flexibility index (Phi) is 6.70. The molecule has 0 amide bonds. The number of rotatable bonds is 8. The highest BCUT2D eigenvalue weighted by Gasteiger charge is 2.00. The van der Waals surface area contributed by atoms with Crippen LogP contribution in [0.4, 0.5) is 0 Å². The lowest BCUT2D eigenvalue weighted by atomic mass is 10.1. The highest BCUT2D eigenvalue weighted by molar-refractivity contribution is 5.60. The van der Waals surface area contributed by atoms with Crippen LogP contribution in [-0.4, -0.2) is 21.4 Å². The van der Waals surface area contributed by atoms with Crippen LogP contribution in [0.2, 0.25) is 0 Å². The Morgan fingerprint density at radius 2 is 1.91 bits per heavy atom. The van der Waals surface area contributed by atoms with Crippen LogP contribution in [0.25, 0.3) is 17.3 Å². The second-order valence-electron chi connectivity index (χ2n) is 5.72. The highest BCUT2D eigenvalue weighted by Crippen LogP contribution is 2.17. The van der Waals surface area contributed by atoms with Gasteiger partial charge in [-0.25, -0.2) is 0 Å². The van der Waals surface area contributed by atoms with Gasteiger partial charge in [-0.1, -0.05) is 36.4 Å². The Morgan fingerprint density at radius 1 is 1.13 bits per heavy atom. The monoisotopic (exact) mass is 308 g/mol. The summed E-state index contributed by atoms with van der Waals surface area (Å²) in [5, 5.41) is 17.7. The number of aliphatic hydroxyl groups is 1. The molecule has 1 heterocycles. The van der Waals surface area contributed by atoms with Crippen LogP contribution in [0.1, 0.15) is 37.4 Å². The Morgan fingerprint density at radius 3 is 2.52 bits per heavy atom. The van der Waals surface area contributed by atoms with Gasteiger partial charge in [-0.05, 0) is 56.4 Å². The van der Waals surface area contributed by atoms with Gasteiger partial charge in [0.15, 0.2) is 0 Å². The second-order valence-corrected chi connectivity index (χ2v) is 5.72. The van der Waals surface area contributed by atoms with E-state index >= 15 is 0 Å². The molecule has 1 aromatic carbocycles. The number of nitrogens with zero attached hydrogens (tertiary/aromatic N) is 2. The number of hydrogen-bond acceptors (Lipinski definition) is 3. The fourth-order valence-electron chi connectivity index (χ4n) is 2.30. The van der Waals surface area contributed by atoms with Crippen LogP contribution in [0.5, 0.6) is 0 Å². The first-order valence-corrected chi connectivity index (χ1v) is 8.07. The van der Waals surface area contributed by atoms with E-state index in [-0.39, 0.29) is 6.10 Å². The molecule has 0 aliphatic heterocycles. The number of aromatic nitrogens is 2. The molecule has 1 atom stereocenters. The smallest absolute Gasteiger partial charge is 0.0930 e. The largest absolute Gasteiger partial charge is 0.393 e. The molecule has 0 saturated heterocycles. The van der Waals surface area contributed by atoms with Crippen molar-refractivity contribution in [1.82, 2.24) is 10.2 Å². The van der Waals surface area contributed by atoms with Crippen molar-refractivity contribution in [1.29, 1.82) is 0 Å². The molecule has 0 bridgehead atoms. The molecule has 2 rings (SSSR count). The van der Waals surface area contributed by atoms with E-state index in [1.807, 2.05) is 31.2 Å². The Labute approximate surface area is 138 Å². The molecular formula is C20H24N2O. The molecule has 0 aliphatic rings. The van der Waals surface area contributed by atoms with Crippen molar-refractivity contribution >= 4 is 6.08 Å². The van der Waals surface area contributed by atoms with Crippen LogP contribution in [0, 0.1) is 0 Å². The maximum absolute atomic E-state index is 9.20. The minimum Gasteiger partial charge on any atom is -0.393 e. The Bertz CT molecular complexity index is 628. The average molecular weight is 308 g/mol. The second kappa shape index (κ2) is 9.01. The van der Waals surface area contributed by atoms with Crippen LogP contribution >= 0.6 is 0 Å². The molecule has 0 radical (unpaired) electrons. The van der Waals surface area contributed by atoms with Crippen LogP contribution < -0.4 is 0 Å². The quantitative estimate of drug-likeness (QED) is 0.579. The van der Waals surface area contributed by atoms with Crippen LogP contribution in [0.3, 0.4) is 0 Å². The lowest BCUT2D eigenvalue weighted by Crippen LogP contribution is -1.97. The summed E-state index contributed by atoms with van der Waals surface area (Å²) >= 11 is 0. The van der Waals surface area contributed by atoms with Gasteiger partial charge in [-0.15, -0.1) is 11.7 Å². The molecular weight excluding hydrogens is 284 g/mol. The Hall–Kier alpha value is -2.26. The van der Waals surface area contributed by atoms with Crippen LogP contribution in [0.15, 0.2) is 55.1 Å². The van der Waals surface area contributed by atoms with Gasteiger partial charge >= 0.3 is 0 Å². The predicted molar refractivity (Wildman–Crippen MR) is 95.9 cm³/mol. The van der Waals surface area contributed by atoms with E-state index in [4.69, 9.17) is 0 Å². The molecule has 23 heavy (non-hydrogen) atoms. The van der Waals surface area contributed by atoms with Gasteiger partial charge < -0.3 is 5.11 Å². The van der Waals surface area contributed by atoms with E-state index in [1.165, 1.54) is 5.56 Å². The molecule has 0 aliphatic carbocycles. The fourth-order valence-corrected chi connectivity index (χ4v) is 2.30. The highest BCUT2D eigenvalue weighted by atomic mass is 16.3. The maximum atomic E-state index is 9.20. The molecule has 0 saturated carbocycles. The van der Waals surface area contributed by atoms with E-state index in [0.717, 1.165) is 42.6 Å². The fraction of sp³-hybridized carbons (Fsp3) is 0.300. The minimum absolute atomic E-state index is 0.222. The van der Waals surface area contributed by atoms with Crippen molar-refractivity contribution < 1.29 is 5.11 Å². The molecule has 3 heteroatoms. The summed E-state index contributed by atoms with van der Waals surface area (Å²) < 4.78 is 0. The lowest BCUT2D eigenvalue weighted by Gasteiger charge is -2.02. The zero-order valence-corrected chi connectivity index (χ0v) is 13.7. The molecule has 1 N–H and O–H groups in total. The summed E-state index contributed by atoms with van der Waals surface area (Å²) in [4.78, 5) is 0. The van der Waals surface area contributed by atoms with E-state index in [1.54, 1.807) is 0 Å². The molecule has 2 aromatic rings. The summed E-state index contributed by atoms with van der Waals surface area (Å²) in [7, 11) is 0. The standard InChI is InChI=1S/C20H24N2O/c1-3-7-17-10-12-18(13-11-17)20-15-14-19(21-22-20)9-6-4-5-8-16(2)23/h3,6,9-16,23H,1,4-5,7-8H2,2H3. The van der Waals surface area contributed by atoms with Crippen molar-refractivity contribution in [2.24, 2.45) is 0 Å². The number of hydrogen-bond donors (Lipinski definition) is 1. The van der Waals surface area contributed by atoms with Crippen molar-refractivity contribution in [3.8, 4) is 11.3 Å². The normalized spacial score (nSPS) is 12.4. The molecule has 1 aromatic heterocycles. The van der Waals surface area contributed by atoms with Gasteiger partial charge in [0.25, 0.3) is 0 Å². The van der Waals surface area contributed by atoms with Gasteiger partial charge in [0, 0.05) is 5.56 Å². The first-order chi connectivity index (χ1) is 11.2. The van der Waals surface area contributed by atoms with Gasteiger partial charge in [0.2, 0.25) is 0 Å². The number of allylic oxidation sites excluding steroid dienone is 2. The number of aliphatic hydroxyl groups excluding tert-OH is 1. The summed E-state index contributed by atoms with van der Waals surface area (Å²) in [6.07, 6.45) is 9.37. The van der Waals surface area contributed by atoms with Gasteiger partial charge in [0.1, 0.15) is 0 Å². The zero-order valence-electron chi connectivity index (χ0n) is 13.7. The third-order valence-electron chi connectivity index (χ3n) is 3.60. The maximum Gasteiger partial charge on any atom is 0.0930 e. The first kappa shape index (κ1) is 17.1. The van der Waals surface area contributed by atoms with Gasteiger partial charge in [0.05, 0.1) is 17.5 Å². The first-order valence-electron chi connectivity index (χ1n) is 8.07. The van der Waals surface area contributed by atoms with Crippen molar-refractivity contribution in [3.63, 3.8) is 0 Å². The van der Waals surface area contributed by atoms with E-state index < -0.39 is 0 Å². The van der Waals surface area contributed by atoms with Gasteiger partial charge in [-0.3, -0.25) is 0 Å². The molecule has 120 valence electrons. The zero-order chi connectivity index (χ0) is 16.5. The van der Waals surface area contributed by atoms with Crippen LogP contribution in [-0.2, 0) is 6.42 Å². The van der Waals surface area contributed by atoms with E-state index in [9.17, 15) is 5.11 Å². The summed E-state index contributed by atoms with van der Waals surface area (Å²) in [6.45, 7) is 5.57. The Balaban J connectivity index is 1.93. The summed E-state index contributed by atoms with van der Waals surface area (Å²) in [5.41, 5.74) is 4.04. The summed E-state index contributed by atoms with van der Waals surface area (Å²) in [6, 6.07) is 12.3. The van der Waals surface area contributed by atoms with Crippen molar-refractivity contribution in [3.05, 3.63) is 66.4 Å². The topological polar surface area (TPSA) is 46.0 Å². The molecule has 0 fully saturated rings.